The van der Waals surface area contributed by atoms with E-state index in [1.807, 2.05) is 60.9 Å². The Morgan fingerprint density at radius 3 is 1.88 bits per heavy atom. The van der Waals surface area contributed by atoms with Crippen molar-refractivity contribution < 1.29 is 9.90 Å². The molecule has 0 fully saturated rings. The Morgan fingerprint density at radius 1 is 0.923 bits per heavy atom. The summed E-state index contributed by atoms with van der Waals surface area (Å²) in [6.45, 7) is 2.09. The minimum atomic E-state index is -1.09. The highest BCUT2D eigenvalue weighted by atomic mass is 16.4. The Labute approximate surface area is 151 Å². The van der Waals surface area contributed by atoms with E-state index in [9.17, 15) is 9.90 Å². The molecule has 0 amide bonds. The van der Waals surface area contributed by atoms with E-state index in [0.29, 0.717) is 6.42 Å². The molecule has 2 heterocycles. The third-order valence-electron chi connectivity index (χ3n) is 5.37. The van der Waals surface area contributed by atoms with Crippen LogP contribution in [0.4, 0.5) is 0 Å². The number of para-hydroxylation sites is 2. The third-order valence-corrected chi connectivity index (χ3v) is 5.37. The van der Waals surface area contributed by atoms with E-state index in [0.717, 1.165) is 45.8 Å². The van der Waals surface area contributed by atoms with Gasteiger partial charge in [-0.25, -0.2) is 0 Å². The van der Waals surface area contributed by atoms with E-state index >= 15 is 0 Å². The maximum Gasteiger partial charge on any atom is 0.318 e. The molecular weight excluding hydrogens is 324 g/mol. The normalized spacial score (nSPS) is 12.0. The topological polar surface area (TPSA) is 68.9 Å². The van der Waals surface area contributed by atoms with Gasteiger partial charge in [0.05, 0.1) is 0 Å². The number of fused-ring (bicyclic) bond motifs is 2. The molecule has 0 spiro atoms. The number of hydrogen-bond acceptors (Lipinski definition) is 1. The Balaban J connectivity index is 2.05. The van der Waals surface area contributed by atoms with Gasteiger partial charge in [0, 0.05) is 34.2 Å². The van der Waals surface area contributed by atoms with Gasteiger partial charge in [0.15, 0.2) is 0 Å². The van der Waals surface area contributed by atoms with Crippen LogP contribution in [0.1, 0.15) is 37.3 Å². The molecule has 4 nitrogen and oxygen atoms in total. The standard InChI is InChI=1S/C22H22N2O2/c1-2-3-12-22(21(25)26,17-13-23-19-10-6-4-8-15(17)19)18-14-24-20-11-7-5-9-16(18)20/h4-11,13-14,23-24H,2-3,12H2,1H3,(H,25,26). The monoisotopic (exact) mass is 346 g/mol. The summed E-state index contributed by atoms with van der Waals surface area (Å²) in [6.07, 6.45) is 6.08. The number of rotatable bonds is 6. The van der Waals surface area contributed by atoms with Gasteiger partial charge in [0.2, 0.25) is 0 Å². The minimum absolute atomic E-state index is 0.558. The van der Waals surface area contributed by atoms with E-state index in [1.165, 1.54) is 0 Å². The van der Waals surface area contributed by atoms with Crippen molar-refractivity contribution >= 4 is 27.8 Å². The van der Waals surface area contributed by atoms with Gasteiger partial charge in [-0.15, -0.1) is 0 Å². The summed E-state index contributed by atoms with van der Waals surface area (Å²) in [5, 5.41) is 12.4. The summed E-state index contributed by atoms with van der Waals surface area (Å²) in [5.74, 6) is -0.805. The number of carbonyl (C=O) groups is 1. The smallest absolute Gasteiger partial charge is 0.318 e. The van der Waals surface area contributed by atoms with Gasteiger partial charge in [-0.3, -0.25) is 4.79 Å². The van der Waals surface area contributed by atoms with Crippen LogP contribution in [0, 0.1) is 0 Å². The molecular formula is C22H22N2O2. The number of benzene rings is 2. The maximum absolute atomic E-state index is 12.8. The van der Waals surface area contributed by atoms with E-state index in [1.54, 1.807) is 0 Å². The second kappa shape index (κ2) is 6.37. The molecule has 0 saturated heterocycles. The number of hydrogen-bond donors (Lipinski definition) is 3. The first kappa shape index (κ1) is 16.5. The van der Waals surface area contributed by atoms with E-state index in [-0.39, 0.29) is 0 Å². The molecule has 4 rings (SSSR count). The first-order chi connectivity index (χ1) is 12.7. The van der Waals surface area contributed by atoms with Crippen molar-refractivity contribution in [3.05, 3.63) is 72.1 Å². The average Bonchev–Trinajstić information content (AvgIpc) is 3.28. The lowest BCUT2D eigenvalue weighted by Gasteiger charge is -2.29. The molecule has 0 radical (unpaired) electrons. The summed E-state index contributed by atoms with van der Waals surface area (Å²) in [7, 11) is 0. The summed E-state index contributed by atoms with van der Waals surface area (Å²) in [4.78, 5) is 19.3. The molecule has 2 aromatic heterocycles. The van der Waals surface area contributed by atoms with E-state index in [4.69, 9.17) is 0 Å². The molecule has 3 N–H and O–H groups in total. The van der Waals surface area contributed by atoms with Gasteiger partial charge < -0.3 is 15.1 Å². The fraction of sp³-hybridized carbons (Fsp3) is 0.227. The number of aromatic amines is 2. The summed E-state index contributed by atoms with van der Waals surface area (Å²) < 4.78 is 0. The van der Waals surface area contributed by atoms with Gasteiger partial charge in [0.25, 0.3) is 0 Å². The van der Waals surface area contributed by atoms with Gasteiger partial charge in [-0.2, -0.15) is 0 Å². The highest BCUT2D eigenvalue weighted by molar-refractivity contribution is 5.99. The molecule has 4 heteroatoms. The van der Waals surface area contributed by atoms with Crippen LogP contribution in [0.15, 0.2) is 60.9 Å². The molecule has 4 aromatic rings. The Kier molecular flexibility index (Phi) is 4.03. The lowest BCUT2D eigenvalue weighted by molar-refractivity contribution is -0.142. The van der Waals surface area contributed by atoms with Crippen LogP contribution < -0.4 is 0 Å². The second-order valence-electron chi connectivity index (χ2n) is 6.81. The molecule has 132 valence electrons. The average molecular weight is 346 g/mol. The molecule has 0 aliphatic carbocycles. The van der Waals surface area contributed by atoms with Crippen LogP contribution >= 0.6 is 0 Å². The molecule has 2 aromatic carbocycles. The highest BCUT2D eigenvalue weighted by Crippen LogP contribution is 2.43. The second-order valence-corrected chi connectivity index (χ2v) is 6.81. The Bertz CT molecular complexity index is 1000. The van der Waals surface area contributed by atoms with Crippen molar-refractivity contribution in [3.63, 3.8) is 0 Å². The third kappa shape index (κ3) is 2.33. The van der Waals surface area contributed by atoms with Crippen LogP contribution in [-0.2, 0) is 10.2 Å². The quantitative estimate of drug-likeness (QED) is 0.448. The summed E-state index contributed by atoms with van der Waals surface area (Å²) in [5.41, 5.74) is 2.50. The number of unbranched alkanes of at least 4 members (excludes halogenated alkanes) is 1. The maximum atomic E-state index is 12.8. The van der Waals surface area contributed by atoms with Crippen molar-refractivity contribution in [2.45, 2.75) is 31.6 Å². The zero-order chi connectivity index (χ0) is 18.1. The molecule has 0 atom stereocenters. The fourth-order valence-electron chi connectivity index (χ4n) is 4.04. The van der Waals surface area contributed by atoms with Crippen LogP contribution in [0.3, 0.4) is 0 Å². The molecule has 0 unspecified atom stereocenters. The van der Waals surface area contributed by atoms with Crippen LogP contribution in [0.2, 0.25) is 0 Å². The Morgan fingerprint density at radius 2 is 1.42 bits per heavy atom. The molecule has 26 heavy (non-hydrogen) atoms. The number of carboxylic acids is 1. The number of aliphatic carboxylic acids is 1. The molecule has 0 aliphatic heterocycles. The lowest BCUT2D eigenvalue weighted by Crippen LogP contribution is -2.37. The largest absolute Gasteiger partial charge is 0.480 e. The predicted octanol–water partition coefficient (Wildman–Crippen LogP) is 5.21. The van der Waals surface area contributed by atoms with Gasteiger partial charge >= 0.3 is 5.97 Å². The number of aromatic nitrogens is 2. The van der Waals surface area contributed by atoms with Crippen molar-refractivity contribution in [2.24, 2.45) is 0 Å². The van der Waals surface area contributed by atoms with E-state index in [2.05, 4.69) is 16.9 Å². The van der Waals surface area contributed by atoms with Gasteiger partial charge in [-0.1, -0.05) is 56.2 Å². The SMILES string of the molecule is CCCCC(C(=O)O)(c1c[nH]c2ccccc12)c1c[nH]c2ccccc12. The first-order valence-electron chi connectivity index (χ1n) is 9.05. The number of carboxylic acid groups (broad SMARTS) is 1. The number of nitrogens with one attached hydrogen (secondary N) is 2. The zero-order valence-corrected chi connectivity index (χ0v) is 14.8. The zero-order valence-electron chi connectivity index (χ0n) is 14.8. The summed E-state index contributed by atoms with van der Waals surface area (Å²) in [6, 6.07) is 15.8. The lowest BCUT2D eigenvalue weighted by atomic mass is 9.71. The van der Waals surface area contributed by atoms with Crippen LogP contribution in [0.25, 0.3) is 21.8 Å². The van der Waals surface area contributed by atoms with Crippen LogP contribution in [-0.4, -0.2) is 21.0 Å². The Hall–Kier alpha value is -3.01. The molecule has 0 saturated carbocycles. The van der Waals surface area contributed by atoms with Crippen molar-refractivity contribution in [3.8, 4) is 0 Å². The number of H-pyrrole nitrogens is 2. The van der Waals surface area contributed by atoms with Crippen LogP contribution in [0.5, 0.6) is 0 Å². The fourth-order valence-corrected chi connectivity index (χ4v) is 4.04. The molecule has 0 bridgehead atoms. The highest BCUT2D eigenvalue weighted by Gasteiger charge is 2.44. The van der Waals surface area contributed by atoms with Crippen molar-refractivity contribution in [1.29, 1.82) is 0 Å². The van der Waals surface area contributed by atoms with Gasteiger partial charge in [0.1, 0.15) is 5.41 Å². The van der Waals surface area contributed by atoms with Crippen molar-refractivity contribution in [1.82, 2.24) is 9.97 Å². The molecule has 0 aliphatic rings. The first-order valence-corrected chi connectivity index (χ1v) is 9.05. The predicted molar refractivity (Wildman–Crippen MR) is 105 cm³/mol. The summed E-state index contributed by atoms with van der Waals surface area (Å²) >= 11 is 0. The van der Waals surface area contributed by atoms with Gasteiger partial charge in [-0.05, 0) is 29.7 Å². The van der Waals surface area contributed by atoms with Crippen molar-refractivity contribution in [2.75, 3.05) is 0 Å². The minimum Gasteiger partial charge on any atom is -0.480 e. The van der Waals surface area contributed by atoms with E-state index < -0.39 is 11.4 Å².